The molecule has 0 saturated carbocycles. The highest BCUT2D eigenvalue weighted by Crippen LogP contribution is 2.33. The Balaban J connectivity index is 2.49. The molecule has 1 heterocycles. The standard InChI is InChI=1S/C19H24N2O3/c1-14(2)13-17(18-7-6-12-24-18)21(19(22)20(3)4)15-8-10-16(23-5)11-9-15/h6-12,17H,1,13H2,2-5H3/t17-/m0/s1. The van der Waals surface area contributed by atoms with E-state index in [0.717, 1.165) is 22.8 Å². The summed E-state index contributed by atoms with van der Waals surface area (Å²) in [6, 6.07) is 10.7. The number of carbonyl (C=O) groups excluding carboxylic acids is 1. The van der Waals surface area contributed by atoms with Crippen molar-refractivity contribution in [3.05, 3.63) is 60.6 Å². The van der Waals surface area contributed by atoms with E-state index in [-0.39, 0.29) is 12.1 Å². The summed E-state index contributed by atoms with van der Waals surface area (Å²) in [5.41, 5.74) is 1.75. The Hall–Kier alpha value is -2.69. The van der Waals surface area contributed by atoms with Crippen LogP contribution in [0.25, 0.3) is 0 Å². The van der Waals surface area contributed by atoms with Gasteiger partial charge < -0.3 is 14.1 Å². The van der Waals surface area contributed by atoms with Crippen LogP contribution in [-0.2, 0) is 0 Å². The first-order valence-electron chi connectivity index (χ1n) is 7.76. The molecule has 24 heavy (non-hydrogen) atoms. The Labute approximate surface area is 143 Å². The van der Waals surface area contributed by atoms with Gasteiger partial charge in [0.1, 0.15) is 17.6 Å². The average Bonchev–Trinajstić information content (AvgIpc) is 3.08. The van der Waals surface area contributed by atoms with Crippen molar-refractivity contribution in [2.45, 2.75) is 19.4 Å². The van der Waals surface area contributed by atoms with E-state index in [0.29, 0.717) is 6.42 Å². The van der Waals surface area contributed by atoms with E-state index >= 15 is 0 Å². The zero-order valence-electron chi connectivity index (χ0n) is 14.7. The van der Waals surface area contributed by atoms with Crippen molar-refractivity contribution in [2.24, 2.45) is 0 Å². The molecule has 0 fully saturated rings. The number of ether oxygens (including phenoxy) is 1. The van der Waals surface area contributed by atoms with Crippen LogP contribution in [0.3, 0.4) is 0 Å². The van der Waals surface area contributed by atoms with Crippen molar-refractivity contribution in [2.75, 3.05) is 26.1 Å². The van der Waals surface area contributed by atoms with Crippen LogP contribution in [0.15, 0.2) is 59.2 Å². The summed E-state index contributed by atoms with van der Waals surface area (Å²) in [5.74, 6) is 1.47. The van der Waals surface area contributed by atoms with Crippen LogP contribution in [0.1, 0.15) is 25.1 Å². The summed E-state index contributed by atoms with van der Waals surface area (Å²) >= 11 is 0. The van der Waals surface area contributed by atoms with Gasteiger partial charge in [0.25, 0.3) is 0 Å². The van der Waals surface area contributed by atoms with Crippen molar-refractivity contribution >= 4 is 11.7 Å². The zero-order valence-corrected chi connectivity index (χ0v) is 14.7. The fourth-order valence-corrected chi connectivity index (χ4v) is 2.51. The summed E-state index contributed by atoms with van der Waals surface area (Å²) in [6.45, 7) is 5.95. The minimum absolute atomic E-state index is 0.122. The summed E-state index contributed by atoms with van der Waals surface area (Å²) in [6.07, 6.45) is 2.23. The van der Waals surface area contributed by atoms with Crippen LogP contribution in [0.4, 0.5) is 10.5 Å². The smallest absolute Gasteiger partial charge is 0.324 e. The van der Waals surface area contributed by atoms with Crippen LogP contribution < -0.4 is 9.64 Å². The van der Waals surface area contributed by atoms with Crippen LogP contribution in [0.2, 0.25) is 0 Å². The molecule has 0 saturated heterocycles. The second-order valence-corrected chi connectivity index (χ2v) is 5.94. The second-order valence-electron chi connectivity index (χ2n) is 5.94. The van der Waals surface area contributed by atoms with Crippen molar-refractivity contribution in [1.29, 1.82) is 0 Å². The molecule has 0 aliphatic rings. The maximum absolute atomic E-state index is 12.9. The number of hydrogen-bond acceptors (Lipinski definition) is 3. The predicted octanol–water partition coefficient (Wildman–Crippen LogP) is 4.48. The molecule has 2 amide bonds. The topological polar surface area (TPSA) is 45.9 Å². The first-order valence-corrected chi connectivity index (χ1v) is 7.76. The molecule has 128 valence electrons. The number of methoxy groups -OCH3 is 1. The van der Waals surface area contributed by atoms with Crippen LogP contribution >= 0.6 is 0 Å². The summed E-state index contributed by atoms with van der Waals surface area (Å²) in [5, 5.41) is 0. The SMILES string of the molecule is C=C(C)C[C@@H](c1ccco1)N(C(=O)N(C)C)c1ccc(OC)cc1. The van der Waals surface area contributed by atoms with E-state index in [4.69, 9.17) is 9.15 Å². The Kier molecular flexibility index (Phi) is 5.68. The summed E-state index contributed by atoms with van der Waals surface area (Å²) in [4.78, 5) is 16.1. The zero-order chi connectivity index (χ0) is 17.7. The number of amides is 2. The van der Waals surface area contributed by atoms with E-state index in [1.54, 1.807) is 37.3 Å². The van der Waals surface area contributed by atoms with Gasteiger partial charge in [0.15, 0.2) is 0 Å². The normalized spacial score (nSPS) is 11.7. The van der Waals surface area contributed by atoms with Crippen molar-refractivity contribution < 1.29 is 13.9 Å². The Bertz CT molecular complexity index is 675. The van der Waals surface area contributed by atoms with Gasteiger partial charge in [-0.3, -0.25) is 4.90 Å². The van der Waals surface area contributed by atoms with Gasteiger partial charge in [-0.05, 0) is 49.7 Å². The maximum atomic E-state index is 12.9. The molecule has 0 radical (unpaired) electrons. The molecule has 1 aromatic heterocycles. The second kappa shape index (κ2) is 7.73. The van der Waals surface area contributed by atoms with Gasteiger partial charge in [-0.15, -0.1) is 6.58 Å². The Morgan fingerprint density at radius 3 is 2.38 bits per heavy atom. The fourth-order valence-electron chi connectivity index (χ4n) is 2.51. The number of urea groups is 1. The largest absolute Gasteiger partial charge is 0.497 e. The first-order chi connectivity index (χ1) is 11.4. The number of hydrogen-bond donors (Lipinski definition) is 0. The number of carbonyl (C=O) groups is 1. The third-order valence-electron chi connectivity index (χ3n) is 3.66. The number of rotatable bonds is 6. The highest BCUT2D eigenvalue weighted by atomic mass is 16.5. The van der Waals surface area contributed by atoms with E-state index in [9.17, 15) is 4.79 Å². The quantitative estimate of drug-likeness (QED) is 0.734. The average molecular weight is 328 g/mol. The molecule has 5 nitrogen and oxygen atoms in total. The summed E-state index contributed by atoms with van der Waals surface area (Å²) < 4.78 is 10.8. The van der Waals surface area contributed by atoms with E-state index in [1.165, 1.54) is 0 Å². The Morgan fingerprint density at radius 2 is 1.92 bits per heavy atom. The highest BCUT2D eigenvalue weighted by molar-refractivity contribution is 5.92. The first kappa shape index (κ1) is 17.7. The van der Waals surface area contributed by atoms with Crippen LogP contribution in [0.5, 0.6) is 5.75 Å². The van der Waals surface area contributed by atoms with Gasteiger partial charge in [0, 0.05) is 19.8 Å². The van der Waals surface area contributed by atoms with E-state index < -0.39 is 0 Å². The van der Waals surface area contributed by atoms with Crippen molar-refractivity contribution in [3.63, 3.8) is 0 Å². The third-order valence-corrected chi connectivity index (χ3v) is 3.66. The molecule has 2 rings (SSSR count). The molecule has 0 spiro atoms. The molecular formula is C19H24N2O3. The van der Waals surface area contributed by atoms with Gasteiger partial charge in [-0.25, -0.2) is 4.79 Å². The van der Waals surface area contributed by atoms with Crippen LogP contribution in [0, 0.1) is 0 Å². The predicted molar refractivity (Wildman–Crippen MR) is 95.4 cm³/mol. The van der Waals surface area contributed by atoms with Gasteiger partial charge in [0.05, 0.1) is 13.4 Å². The molecule has 2 aromatic rings. The number of furan rings is 1. The fraction of sp³-hybridized carbons (Fsp3) is 0.316. The lowest BCUT2D eigenvalue weighted by Crippen LogP contribution is -2.42. The number of benzene rings is 1. The molecule has 0 aliphatic carbocycles. The van der Waals surface area contributed by atoms with Gasteiger partial charge in [-0.1, -0.05) is 5.57 Å². The van der Waals surface area contributed by atoms with Gasteiger partial charge >= 0.3 is 6.03 Å². The lowest BCUT2D eigenvalue weighted by Gasteiger charge is -2.33. The molecule has 0 aliphatic heterocycles. The van der Waals surface area contributed by atoms with Gasteiger partial charge in [0.2, 0.25) is 0 Å². The Morgan fingerprint density at radius 1 is 1.25 bits per heavy atom. The molecule has 1 atom stereocenters. The maximum Gasteiger partial charge on any atom is 0.324 e. The van der Waals surface area contributed by atoms with Crippen molar-refractivity contribution in [3.8, 4) is 5.75 Å². The third kappa shape index (κ3) is 3.98. The van der Waals surface area contributed by atoms with Crippen molar-refractivity contribution in [1.82, 2.24) is 4.90 Å². The van der Waals surface area contributed by atoms with Gasteiger partial charge in [-0.2, -0.15) is 0 Å². The molecule has 5 heteroatoms. The lowest BCUT2D eigenvalue weighted by atomic mass is 10.0. The van der Waals surface area contributed by atoms with E-state index in [2.05, 4.69) is 6.58 Å². The monoisotopic (exact) mass is 328 g/mol. The number of nitrogens with zero attached hydrogens (tertiary/aromatic N) is 2. The molecular weight excluding hydrogens is 304 g/mol. The number of anilines is 1. The lowest BCUT2D eigenvalue weighted by molar-refractivity contribution is 0.220. The molecule has 0 bridgehead atoms. The summed E-state index contributed by atoms with van der Waals surface area (Å²) in [7, 11) is 5.09. The molecule has 0 unspecified atom stereocenters. The molecule has 0 N–H and O–H groups in total. The van der Waals surface area contributed by atoms with Crippen LogP contribution in [-0.4, -0.2) is 32.1 Å². The van der Waals surface area contributed by atoms with E-state index in [1.807, 2.05) is 43.3 Å². The minimum atomic E-state index is -0.263. The minimum Gasteiger partial charge on any atom is -0.497 e. The molecule has 1 aromatic carbocycles. The highest BCUT2D eigenvalue weighted by Gasteiger charge is 2.30.